The van der Waals surface area contributed by atoms with E-state index in [2.05, 4.69) is 26.0 Å². The van der Waals surface area contributed by atoms with Crippen LogP contribution in [0.2, 0.25) is 0 Å². The van der Waals surface area contributed by atoms with Crippen LogP contribution in [0.5, 0.6) is 0 Å². The molecule has 350 valence electrons. The lowest BCUT2D eigenvalue weighted by Gasteiger charge is -2.20. The molecule has 0 heterocycles. The van der Waals surface area contributed by atoms with Crippen LogP contribution in [0.4, 0.5) is 0 Å². The molecule has 59 heavy (non-hydrogen) atoms. The predicted octanol–water partition coefficient (Wildman–Crippen LogP) is 14.1. The van der Waals surface area contributed by atoms with Gasteiger partial charge < -0.3 is 25.2 Å². The van der Waals surface area contributed by atoms with Crippen LogP contribution < -0.4 is 5.73 Å². The maximum atomic E-state index is 12.7. The molecule has 0 saturated carbocycles. The Morgan fingerprint density at radius 1 is 0.525 bits per heavy atom. The molecule has 0 aromatic heterocycles. The molecule has 0 saturated heterocycles. The summed E-state index contributed by atoms with van der Waals surface area (Å²) in [6.07, 6.45) is 48.4. The number of phosphoric acid groups is 1. The molecule has 0 radical (unpaired) electrons. The van der Waals surface area contributed by atoms with Gasteiger partial charge in [-0.3, -0.25) is 18.6 Å². The van der Waals surface area contributed by atoms with Crippen LogP contribution in [0, 0.1) is 0 Å². The van der Waals surface area contributed by atoms with Gasteiger partial charge in [-0.2, -0.15) is 0 Å². The highest BCUT2D eigenvalue weighted by atomic mass is 31.2. The third kappa shape index (κ3) is 44.6. The number of ether oxygens (including phenoxy) is 2. The maximum Gasteiger partial charge on any atom is 0.472 e. The molecular formula is C48H94NO9P. The van der Waals surface area contributed by atoms with Crippen molar-refractivity contribution in [2.75, 3.05) is 26.4 Å². The van der Waals surface area contributed by atoms with Gasteiger partial charge in [0.2, 0.25) is 0 Å². The fourth-order valence-corrected chi connectivity index (χ4v) is 7.97. The molecule has 0 amide bonds. The monoisotopic (exact) mass is 860 g/mol. The number of carbonyl (C=O) groups excluding carboxylic acids is 1. The van der Waals surface area contributed by atoms with Gasteiger partial charge >= 0.3 is 19.8 Å². The number of hydrogen-bond acceptors (Lipinski definition) is 8. The first-order chi connectivity index (χ1) is 28.7. The summed E-state index contributed by atoms with van der Waals surface area (Å²) in [4.78, 5) is 33.6. The summed E-state index contributed by atoms with van der Waals surface area (Å²) in [6.45, 7) is 3.93. The third-order valence-corrected chi connectivity index (χ3v) is 12.0. The third-order valence-electron chi connectivity index (χ3n) is 11.0. The Labute approximate surface area is 362 Å². The van der Waals surface area contributed by atoms with Crippen molar-refractivity contribution in [1.82, 2.24) is 0 Å². The number of carboxylic acids is 1. The second kappa shape index (κ2) is 44.8. The van der Waals surface area contributed by atoms with E-state index in [4.69, 9.17) is 29.4 Å². The number of hydrogen-bond donors (Lipinski definition) is 3. The molecule has 0 spiro atoms. The zero-order valence-corrected chi connectivity index (χ0v) is 39.3. The Hall–Kier alpha value is -1.29. The zero-order chi connectivity index (χ0) is 43.3. The Bertz CT molecular complexity index is 998. The molecule has 0 aromatic rings. The Balaban J connectivity index is 4.12. The smallest absolute Gasteiger partial charge is 0.472 e. The number of rotatable bonds is 48. The Morgan fingerprint density at radius 2 is 0.881 bits per heavy atom. The highest BCUT2D eigenvalue weighted by Crippen LogP contribution is 2.43. The SMILES string of the molecule is CCCCCCCC/C=C\CCCCCCCCCC(=O)OC(COCCCCCCCCCCCCCCCCCCCCCC)COP(=O)(O)OCC(N)C(=O)O. The van der Waals surface area contributed by atoms with E-state index in [1.807, 2.05) is 0 Å². The average molecular weight is 860 g/mol. The molecule has 10 nitrogen and oxygen atoms in total. The van der Waals surface area contributed by atoms with Gasteiger partial charge in [-0.15, -0.1) is 0 Å². The molecule has 11 heteroatoms. The van der Waals surface area contributed by atoms with Crippen molar-refractivity contribution < 1.29 is 42.7 Å². The van der Waals surface area contributed by atoms with Crippen molar-refractivity contribution in [3.8, 4) is 0 Å². The molecule has 0 bridgehead atoms. The lowest BCUT2D eigenvalue weighted by atomic mass is 10.0. The van der Waals surface area contributed by atoms with Gasteiger partial charge in [0, 0.05) is 13.0 Å². The highest BCUT2D eigenvalue weighted by Gasteiger charge is 2.27. The molecule has 0 aliphatic heterocycles. The van der Waals surface area contributed by atoms with Crippen LogP contribution in [-0.4, -0.2) is 60.5 Å². The predicted molar refractivity (Wildman–Crippen MR) is 245 cm³/mol. The first-order valence-electron chi connectivity index (χ1n) is 24.7. The van der Waals surface area contributed by atoms with E-state index >= 15 is 0 Å². The van der Waals surface area contributed by atoms with Crippen molar-refractivity contribution in [3.05, 3.63) is 12.2 Å². The maximum absolute atomic E-state index is 12.7. The number of esters is 1. The fraction of sp³-hybridized carbons (Fsp3) is 0.917. The summed E-state index contributed by atoms with van der Waals surface area (Å²) < 4.78 is 33.5. The molecule has 0 aliphatic carbocycles. The minimum Gasteiger partial charge on any atom is -0.480 e. The normalized spacial score (nSPS) is 13.8. The minimum absolute atomic E-state index is 0.0216. The minimum atomic E-state index is -4.62. The number of carboxylic acid groups (broad SMARTS) is 1. The van der Waals surface area contributed by atoms with Gasteiger partial charge in [0.05, 0.1) is 19.8 Å². The van der Waals surface area contributed by atoms with Crippen LogP contribution in [0.15, 0.2) is 12.2 Å². The molecule has 0 aromatic carbocycles. The van der Waals surface area contributed by atoms with Gasteiger partial charge in [-0.1, -0.05) is 212 Å². The van der Waals surface area contributed by atoms with Crippen molar-refractivity contribution in [2.24, 2.45) is 5.73 Å². The lowest BCUT2D eigenvalue weighted by molar-refractivity contribution is -0.154. The van der Waals surface area contributed by atoms with E-state index in [1.165, 1.54) is 173 Å². The molecule has 0 aliphatic rings. The van der Waals surface area contributed by atoms with Crippen LogP contribution >= 0.6 is 7.82 Å². The van der Waals surface area contributed by atoms with Gasteiger partial charge in [0.1, 0.15) is 12.1 Å². The van der Waals surface area contributed by atoms with Crippen LogP contribution in [0.3, 0.4) is 0 Å². The summed E-state index contributed by atoms with van der Waals surface area (Å²) in [5.41, 5.74) is 5.37. The Kier molecular flexibility index (Phi) is 43.8. The highest BCUT2D eigenvalue weighted by molar-refractivity contribution is 7.47. The number of nitrogens with two attached hydrogens (primary N) is 1. The van der Waals surface area contributed by atoms with Crippen molar-refractivity contribution in [3.63, 3.8) is 0 Å². The van der Waals surface area contributed by atoms with Gasteiger partial charge in [0.25, 0.3) is 0 Å². The van der Waals surface area contributed by atoms with Gasteiger partial charge in [0.15, 0.2) is 0 Å². The second-order valence-electron chi connectivity index (χ2n) is 17.0. The number of allylic oxidation sites excluding steroid dienone is 2. The topological polar surface area (TPSA) is 155 Å². The van der Waals surface area contributed by atoms with Gasteiger partial charge in [-0.05, 0) is 38.5 Å². The second-order valence-corrected chi connectivity index (χ2v) is 18.4. The summed E-state index contributed by atoms with van der Waals surface area (Å²) in [6, 6.07) is -1.47. The summed E-state index contributed by atoms with van der Waals surface area (Å²) >= 11 is 0. The van der Waals surface area contributed by atoms with E-state index in [9.17, 15) is 19.0 Å². The largest absolute Gasteiger partial charge is 0.480 e. The average Bonchev–Trinajstić information content (AvgIpc) is 3.21. The molecule has 4 N–H and O–H groups in total. The molecule has 0 rings (SSSR count). The van der Waals surface area contributed by atoms with Crippen LogP contribution in [0.25, 0.3) is 0 Å². The first-order valence-corrected chi connectivity index (χ1v) is 26.2. The Morgan fingerprint density at radius 3 is 1.29 bits per heavy atom. The van der Waals surface area contributed by atoms with Crippen molar-refractivity contribution in [2.45, 2.75) is 257 Å². The molecule has 3 unspecified atom stereocenters. The summed E-state index contributed by atoms with van der Waals surface area (Å²) in [5.74, 6) is -1.77. The summed E-state index contributed by atoms with van der Waals surface area (Å²) in [7, 11) is -4.62. The number of aliphatic carboxylic acids is 1. The molecule has 0 fully saturated rings. The van der Waals surface area contributed by atoms with Crippen LogP contribution in [-0.2, 0) is 32.7 Å². The van der Waals surface area contributed by atoms with E-state index in [0.717, 1.165) is 44.9 Å². The molecular weight excluding hydrogens is 766 g/mol. The van der Waals surface area contributed by atoms with E-state index < -0.39 is 45.1 Å². The first kappa shape index (κ1) is 57.7. The van der Waals surface area contributed by atoms with Crippen molar-refractivity contribution >= 4 is 19.8 Å². The standard InChI is InChI=1S/C48H94NO9P/c1-3-5-7-9-11-13-15-17-19-21-22-23-25-27-29-31-33-35-37-39-41-55-42-45(43-56-59(53,54)57-44-46(49)48(51)52)58-47(50)40-38-36-34-32-30-28-26-24-20-18-16-14-12-10-8-6-4-2/h18,20,45-46H,3-17,19,21-44,49H2,1-2H3,(H,51,52)(H,53,54)/b20-18-. The lowest BCUT2D eigenvalue weighted by Crippen LogP contribution is -2.34. The summed E-state index contributed by atoms with van der Waals surface area (Å²) in [5, 5.41) is 8.92. The number of carbonyl (C=O) groups is 2. The van der Waals surface area contributed by atoms with Crippen molar-refractivity contribution in [1.29, 1.82) is 0 Å². The van der Waals surface area contributed by atoms with Crippen LogP contribution in [0.1, 0.15) is 245 Å². The molecule has 3 atom stereocenters. The van der Waals surface area contributed by atoms with E-state index in [0.29, 0.717) is 13.0 Å². The van der Waals surface area contributed by atoms with E-state index in [-0.39, 0.29) is 13.0 Å². The fourth-order valence-electron chi connectivity index (χ4n) is 7.19. The number of phosphoric ester groups is 1. The van der Waals surface area contributed by atoms with Gasteiger partial charge in [-0.25, -0.2) is 4.57 Å². The number of unbranched alkanes of at least 4 members (excludes halogenated alkanes) is 32. The van der Waals surface area contributed by atoms with E-state index in [1.54, 1.807) is 0 Å². The zero-order valence-electron chi connectivity index (χ0n) is 38.4. The quantitative estimate of drug-likeness (QED) is 0.0233.